The zero-order valence-electron chi connectivity index (χ0n) is 25.1. The molecule has 0 aliphatic carbocycles. The molecule has 40 heavy (non-hydrogen) atoms. The number of ketones is 2. The average Bonchev–Trinajstić information content (AvgIpc) is 2.90. The van der Waals surface area contributed by atoms with Crippen LogP contribution in [0.4, 0.5) is 0 Å². The lowest BCUT2D eigenvalue weighted by Gasteiger charge is -2.30. The van der Waals surface area contributed by atoms with E-state index in [-0.39, 0.29) is 35.4 Å². The van der Waals surface area contributed by atoms with Crippen LogP contribution in [0.2, 0.25) is 0 Å². The van der Waals surface area contributed by atoms with Crippen LogP contribution in [0.15, 0.2) is 79.1 Å². The Kier molecular flexibility index (Phi) is 11.6. The summed E-state index contributed by atoms with van der Waals surface area (Å²) in [5.41, 5.74) is 3.08. The van der Waals surface area contributed by atoms with Gasteiger partial charge in [0.15, 0.2) is 5.78 Å². The number of aromatic nitrogens is 1. The standard InChI is InChI=1S/C35H46N2O3/c1-26(2)24-37(6)32(21-28-16-18-36-19-17-28)33(38)22-30(34(39)23-35(3,4)5)20-27-12-14-31(15-13-27)40-25-29-10-8-7-9-11-29/h7-19,26,30,32H,20-25H2,1-6H3. The Hall–Kier alpha value is -3.31. The highest BCUT2D eigenvalue weighted by Crippen LogP contribution is 2.27. The van der Waals surface area contributed by atoms with Gasteiger partial charge in [-0.2, -0.15) is 0 Å². The van der Waals surface area contributed by atoms with Crippen LogP contribution in [-0.4, -0.2) is 41.1 Å². The zero-order chi connectivity index (χ0) is 29.1. The number of pyridine rings is 1. The zero-order valence-corrected chi connectivity index (χ0v) is 25.1. The van der Waals surface area contributed by atoms with Crippen LogP contribution in [0.25, 0.3) is 0 Å². The van der Waals surface area contributed by atoms with E-state index in [0.29, 0.717) is 31.8 Å². The Morgan fingerprint density at radius 3 is 2.05 bits per heavy atom. The van der Waals surface area contributed by atoms with Crippen molar-refractivity contribution in [2.45, 2.75) is 73.0 Å². The van der Waals surface area contributed by atoms with Crippen molar-refractivity contribution in [1.82, 2.24) is 9.88 Å². The molecule has 5 nitrogen and oxygen atoms in total. The summed E-state index contributed by atoms with van der Waals surface area (Å²) in [4.78, 5) is 33.7. The monoisotopic (exact) mass is 542 g/mol. The molecular formula is C35H46N2O3. The van der Waals surface area contributed by atoms with Gasteiger partial charge in [-0.15, -0.1) is 0 Å². The molecule has 0 aliphatic heterocycles. The molecule has 2 unspecified atom stereocenters. The first-order valence-electron chi connectivity index (χ1n) is 14.4. The van der Waals surface area contributed by atoms with Crippen LogP contribution in [0.5, 0.6) is 5.75 Å². The fraction of sp³-hybridized carbons (Fsp3) is 0.457. The predicted octanol–water partition coefficient (Wildman–Crippen LogP) is 6.98. The topological polar surface area (TPSA) is 59.5 Å². The SMILES string of the molecule is CC(C)CN(C)C(Cc1ccncc1)C(=O)CC(Cc1ccc(OCc2ccccc2)cc1)C(=O)CC(C)(C)C. The van der Waals surface area contributed by atoms with Crippen molar-refractivity contribution >= 4 is 11.6 Å². The van der Waals surface area contributed by atoms with Gasteiger partial charge < -0.3 is 4.74 Å². The minimum absolute atomic E-state index is 0.120. The number of benzene rings is 2. The number of hydrogen-bond donors (Lipinski definition) is 0. The molecule has 3 aromatic rings. The second-order valence-corrected chi connectivity index (χ2v) is 12.6. The van der Waals surface area contributed by atoms with Crippen molar-refractivity contribution in [3.63, 3.8) is 0 Å². The van der Waals surface area contributed by atoms with Gasteiger partial charge in [0.05, 0.1) is 6.04 Å². The van der Waals surface area contributed by atoms with Crippen LogP contribution >= 0.6 is 0 Å². The molecule has 2 aromatic carbocycles. The van der Waals surface area contributed by atoms with Crippen LogP contribution in [0.1, 0.15) is 64.2 Å². The smallest absolute Gasteiger partial charge is 0.151 e. The lowest BCUT2D eigenvalue weighted by Crippen LogP contribution is -2.43. The molecule has 214 valence electrons. The molecule has 2 atom stereocenters. The van der Waals surface area contributed by atoms with Gasteiger partial charge in [-0.3, -0.25) is 19.5 Å². The minimum atomic E-state index is -0.366. The summed E-state index contributed by atoms with van der Waals surface area (Å²) in [7, 11) is 2.02. The molecule has 5 heteroatoms. The van der Waals surface area contributed by atoms with E-state index in [4.69, 9.17) is 4.74 Å². The molecule has 0 saturated carbocycles. The molecule has 0 aliphatic rings. The lowest BCUT2D eigenvalue weighted by atomic mass is 9.80. The van der Waals surface area contributed by atoms with E-state index in [1.54, 1.807) is 12.4 Å². The molecule has 0 amide bonds. The first kappa shape index (κ1) is 31.2. The quantitative estimate of drug-likeness (QED) is 0.207. The third-order valence-corrected chi connectivity index (χ3v) is 7.00. The number of carbonyl (C=O) groups is 2. The first-order valence-corrected chi connectivity index (χ1v) is 14.4. The molecule has 1 heterocycles. The molecule has 0 bridgehead atoms. The van der Waals surface area contributed by atoms with Crippen LogP contribution < -0.4 is 4.74 Å². The van der Waals surface area contributed by atoms with Crippen LogP contribution in [0.3, 0.4) is 0 Å². The number of nitrogens with zero attached hydrogens (tertiary/aromatic N) is 2. The average molecular weight is 543 g/mol. The van der Waals surface area contributed by atoms with Gasteiger partial charge in [0.2, 0.25) is 0 Å². The Morgan fingerprint density at radius 2 is 1.45 bits per heavy atom. The molecule has 3 rings (SSSR count). The number of rotatable bonds is 15. The summed E-state index contributed by atoms with van der Waals surface area (Å²) in [5, 5.41) is 0. The molecule has 0 radical (unpaired) electrons. The maximum atomic E-state index is 13.9. The summed E-state index contributed by atoms with van der Waals surface area (Å²) in [5.74, 6) is 1.12. The van der Waals surface area contributed by atoms with E-state index in [0.717, 1.165) is 29.0 Å². The second-order valence-electron chi connectivity index (χ2n) is 12.6. The Bertz CT molecular complexity index is 1180. The van der Waals surface area contributed by atoms with Gasteiger partial charge in [-0.05, 0) is 72.2 Å². The molecular weight excluding hydrogens is 496 g/mol. The van der Waals surface area contributed by atoms with Crippen molar-refractivity contribution in [2.75, 3.05) is 13.6 Å². The number of hydrogen-bond acceptors (Lipinski definition) is 5. The van der Waals surface area contributed by atoms with Gasteiger partial charge in [0, 0.05) is 37.7 Å². The summed E-state index contributed by atoms with van der Waals surface area (Å²) in [6.07, 6.45) is 5.36. The minimum Gasteiger partial charge on any atom is -0.489 e. The van der Waals surface area contributed by atoms with E-state index >= 15 is 0 Å². The fourth-order valence-electron chi connectivity index (χ4n) is 5.05. The molecule has 1 aromatic heterocycles. The summed E-state index contributed by atoms with van der Waals surface area (Å²) in [6.45, 7) is 11.9. The van der Waals surface area contributed by atoms with Crippen LogP contribution in [0, 0.1) is 17.3 Å². The van der Waals surface area contributed by atoms with Crippen molar-refractivity contribution in [3.8, 4) is 5.75 Å². The Balaban J connectivity index is 1.75. The second kappa shape index (κ2) is 14.9. The Morgan fingerprint density at radius 1 is 0.825 bits per heavy atom. The Labute approximate surface area is 241 Å². The number of Topliss-reactive ketones (excluding diaryl/α,β-unsaturated/α-hetero) is 2. The molecule has 0 saturated heterocycles. The third kappa shape index (κ3) is 10.7. The van der Waals surface area contributed by atoms with Crippen LogP contribution in [-0.2, 0) is 29.0 Å². The van der Waals surface area contributed by atoms with Crippen molar-refractivity contribution in [1.29, 1.82) is 0 Å². The molecule has 0 spiro atoms. The van der Waals surface area contributed by atoms with E-state index in [1.165, 1.54) is 0 Å². The van der Waals surface area contributed by atoms with Gasteiger partial charge in [0.1, 0.15) is 18.1 Å². The highest BCUT2D eigenvalue weighted by Gasteiger charge is 2.31. The maximum Gasteiger partial charge on any atom is 0.151 e. The largest absolute Gasteiger partial charge is 0.489 e. The number of ether oxygens (including phenoxy) is 1. The fourth-order valence-corrected chi connectivity index (χ4v) is 5.05. The van der Waals surface area contributed by atoms with Crippen molar-refractivity contribution in [2.24, 2.45) is 17.3 Å². The summed E-state index contributed by atoms with van der Waals surface area (Å²) in [6, 6.07) is 21.6. The van der Waals surface area contributed by atoms with Gasteiger partial charge >= 0.3 is 0 Å². The maximum absolute atomic E-state index is 13.9. The highest BCUT2D eigenvalue weighted by atomic mass is 16.5. The number of likely N-dealkylation sites (N-methyl/N-ethyl adjacent to an activating group) is 1. The first-order chi connectivity index (χ1) is 19.0. The van der Waals surface area contributed by atoms with Gasteiger partial charge in [-0.25, -0.2) is 0 Å². The normalized spacial score (nSPS) is 13.3. The van der Waals surface area contributed by atoms with Gasteiger partial charge in [-0.1, -0.05) is 77.1 Å². The van der Waals surface area contributed by atoms with E-state index in [9.17, 15) is 9.59 Å². The van der Waals surface area contributed by atoms with E-state index < -0.39 is 0 Å². The third-order valence-electron chi connectivity index (χ3n) is 7.00. The number of carbonyl (C=O) groups excluding carboxylic acids is 2. The summed E-state index contributed by atoms with van der Waals surface area (Å²) >= 11 is 0. The summed E-state index contributed by atoms with van der Waals surface area (Å²) < 4.78 is 5.94. The molecule has 0 N–H and O–H groups in total. The van der Waals surface area contributed by atoms with Crippen molar-refractivity contribution in [3.05, 3.63) is 95.8 Å². The van der Waals surface area contributed by atoms with Crippen molar-refractivity contribution < 1.29 is 14.3 Å². The highest BCUT2D eigenvalue weighted by molar-refractivity contribution is 5.91. The lowest BCUT2D eigenvalue weighted by molar-refractivity contribution is -0.131. The van der Waals surface area contributed by atoms with Gasteiger partial charge in [0.25, 0.3) is 0 Å². The molecule has 0 fully saturated rings. The van der Waals surface area contributed by atoms with E-state index in [2.05, 4.69) is 44.5 Å². The predicted molar refractivity (Wildman–Crippen MR) is 162 cm³/mol. The van der Waals surface area contributed by atoms with E-state index in [1.807, 2.05) is 73.8 Å².